The molecule has 6 aromatic carbocycles. The van der Waals surface area contributed by atoms with Crippen molar-refractivity contribution in [1.82, 2.24) is 5.32 Å². The maximum absolute atomic E-state index is 6.49. The molecule has 0 saturated carbocycles. The van der Waals surface area contributed by atoms with Gasteiger partial charge in [-0.25, -0.2) is 9.98 Å². The van der Waals surface area contributed by atoms with E-state index in [0.29, 0.717) is 5.84 Å². The highest BCUT2D eigenvalue weighted by Crippen LogP contribution is 2.33. The Bertz CT molecular complexity index is 2790. The molecule has 3 heterocycles. The third-order valence-corrected chi connectivity index (χ3v) is 9.82. The average Bonchev–Trinajstić information content (AvgIpc) is 3.76. The van der Waals surface area contributed by atoms with E-state index in [1.807, 2.05) is 36.4 Å². The fourth-order valence-corrected chi connectivity index (χ4v) is 7.37. The molecule has 50 heavy (non-hydrogen) atoms. The molecular formula is C45H31N3O2. The highest BCUT2D eigenvalue weighted by molar-refractivity contribution is 6.24. The standard InChI is InChI=1S/C45H31N3O2/c1-3-11-28(12-4-1)30-15-9-16-31(25-30)32-22-24-39-37(26-32)42-36(18-10-20-40(42)49-39)45-47-43(29-13-5-2-6-14-29)46-44(48-45)33-21-23-35-34-17-7-8-19-38(34)50-41(35)27-33/h1-9,11-17,19-27,44H,10,18H2,(H,46,47,48). The Morgan fingerprint density at radius 1 is 0.540 bits per heavy atom. The molecule has 0 radical (unpaired) electrons. The van der Waals surface area contributed by atoms with E-state index in [-0.39, 0.29) is 6.17 Å². The second kappa shape index (κ2) is 11.6. The van der Waals surface area contributed by atoms with Gasteiger partial charge < -0.3 is 14.2 Å². The van der Waals surface area contributed by atoms with E-state index in [1.165, 1.54) is 11.1 Å². The lowest BCUT2D eigenvalue weighted by Crippen LogP contribution is -2.39. The first-order valence-electron chi connectivity index (χ1n) is 17.1. The molecule has 1 N–H and O–H groups in total. The van der Waals surface area contributed by atoms with Crippen LogP contribution in [0.25, 0.3) is 66.8 Å². The van der Waals surface area contributed by atoms with Gasteiger partial charge in [-0.3, -0.25) is 0 Å². The monoisotopic (exact) mass is 645 g/mol. The van der Waals surface area contributed by atoms with Crippen LogP contribution in [0.15, 0.2) is 164 Å². The fraction of sp³-hybridized carbons (Fsp3) is 0.0667. The van der Waals surface area contributed by atoms with E-state index in [2.05, 4.69) is 121 Å². The lowest BCUT2D eigenvalue weighted by molar-refractivity contribution is 0.571. The number of rotatable bonds is 5. The van der Waals surface area contributed by atoms with Crippen molar-refractivity contribution in [2.24, 2.45) is 9.98 Å². The predicted octanol–water partition coefficient (Wildman–Crippen LogP) is 9.54. The average molecular weight is 646 g/mol. The molecule has 5 nitrogen and oxygen atoms in total. The summed E-state index contributed by atoms with van der Waals surface area (Å²) in [5.41, 5.74) is 11.3. The first-order chi connectivity index (χ1) is 24.7. The molecule has 1 unspecified atom stereocenters. The number of aliphatic imine (C=N–C) groups is 2. The summed E-state index contributed by atoms with van der Waals surface area (Å²) in [6, 6.07) is 50.5. The molecular weight excluding hydrogens is 615 g/mol. The Kier molecular flexibility index (Phi) is 6.62. The second-order valence-corrected chi connectivity index (χ2v) is 12.9. The van der Waals surface area contributed by atoms with Crippen LogP contribution in [-0.2, 0) is 0 Å². The number of nitrogens with zero attached hydrogens (tertiary/aromatic N) is 2. The van der Waals surface area contributed by atoms with Gasteiger partial charge in [0, 0.05) is 38.1 Å². The first-order valence-corrected chi connectivity index (χ1v) is 17.1. The number of benzene rings is 6. The molecule has 2 aromatic heterocycles. The van der Waals surface area contributed by atoms with Gasteiger partial charge in [0.25, 0.3) is 0 Å². The van der Waals surface area contributed by atoms with Crippen molar-refractivity contribution in [2.45, 2.75) is 19.0 Å². The zero-order chi connectivity index (χ0) is 33.0. The summed E-state index contributed by atoms with van der Waals surface area (Å²) in [5, 5.41) is 8.12. The number of furan rings is 2. The van der Waals surface area contributed by atoms with Crippen LogP contribution in [0.3, 0.4) is 0 Å². The maximum Gasteiger partial charge on any atom is 0.159 e. The van der Waals surface area contributed by atoms with E-state index >= 15 is 0 Å². The van der Waals surface area contributed by atoms with Crippen molar-refractivity contribution in [3.05, 3.63) is 167 Å². The second-order valence-electron chi connectivity index (χ2n) is 12.9. The van der Waals surface area contributed by atoms with Crippen LogP contribution in [-0.4, -0.2) is 11.7 Å². The smallest absolute Gasteiger partial charge is 0.159 e. The largest absolute Gasteiger partial charge is 0.456 e. The van der Waals surface area contributed by atoms with Crippen molar-refractivity contribution < 1.29 is 8.83 Å². The molecule has 8 aromatic rings. The van der Waals surface area contributed by atoms with Gasteiger partial charge in [-0.1, -0.05) is 115 Å². The third-order valence-electron chi connectivity index (χ3n) is 9.82. The molecule has 0 saturated heterocycles. The van der Waals surface area contributed by atoms with Gasteiger partial charge in [0.05, 0.1) is 0 Å². The van der Waals surface area contributed by atoms with Crippen LogP contribution in [0.1, 0.15) is 30.1 Å². The van der Waals surface area contributed by atoms with Gasteiger partial charge in [0.1, 0.15) is 34.2 Å². The van der Waals surface area contributed by atoms with Crippen LogP contribution in [0.4, 0.5) is 0 Å². The minimum atomic E-state index is -0.355. The molecule has 1 aliphatic heterocycles. The van der Waals surface area contributed by atoms with Crippen LogP contribution in [0.2, 0.25) is 0 Å². The van der Waals surface area contributed by atoms with Crippen LogP contribution in [0, 0.1) is 0 Å². The fourth-order valence-electron chi connectivity index (χ4n) is 7.37. The molecule has 5 heteroatoms. The molecule has 0 fully saturated rings. The number of hydrogen-bond donors (Lipinski definition) is 1. The third kappa shape index (κ3) is 4.86. The summed E-state index contributed by atoms with van der Waals surface area (Å²) in [4.78, 5) is 10.4. The van der Waals surface area contributed by atoms with E-state index in [4.69, 9.17) is 18.8 Å². The Labute approximate surface area is 288 Å². The number of nitrogens with one attached hydrogen (secondary N) is 1. The quantitative estimate of drug-likeness (QED) is 0.203. The highest BCUT2D eigenvalue weighted by Gasteiger charge is 2.25. The summed E-state index contributed by atoms with van der Waals surface area (Å²) < 4.78 is 12.8. The molecule has 238 valence electrons. The van der Waals surface area contributed by atoms with E-state index < -0.39 is 0 Å². The molecule has 0 amide bonds. The van der Waals surface area contributed by atoms with E-state index in [0.717, 1.165) is 90.0 Å². The molecule has 10 rings (SSSR count). The van der Waals surface area contributed by atoms with Gasteiger partial charge in [-0.05, 0) is 71.5 Å². The molecule has 1 aliphatic carbocycles. The molecule has 2 aliphatic rings. The number of amidine groups is 2. The Hall–Kier alpha value is -6.46. The Balaban J connectivity index is 1.12. The molecule has 0 bridgehead atoms. The van der Waals surface area contributed by atoms with Crippen molar-refractivity contribution in [3.63, 3.8) is 0 Å². The maximum atomic E-state index is 6.49. The summed E-state index contributed by atoms with van der Waals surface area (Å²) in [6.07, 6.45) is 3.55. The summed E-state index contributed by atoms with van der Waals surface area (Å²) in [5.74, 6) is 1.52. The Morgan fingerprint density at radius 2 is 1.24 bits per heavy atom. The van der Waals surface area contributed by atoms with E-state index in [9.17, 15) is 0 Å². The summed E-state index contributed by atoms with van der Waals surface area (Å²) in [6.45, 7) is 0. The minimum absolute atomic E-state index is 0.355. The van der Waals surface area contributed by atoms with Crippen molar-refractivity contribution >= 4 is 56.2 Å². The van der Waals surface area contributed by atoms with Gasteiger partial charge >= 0.3 is 0 Å². The summed E-state index contributed by atoms with van der Waals surface area (Å²) >= 11 is 0. The van der Waals surface area contributed by atoms with Gasteiger partial charge in [0.2, 0.25) is 0 Å². The molecule has 1 atom stereocenters. The Morgan fingerprint density at radius 3 is 2.10 bits per heavy atom. The van der Waals surface area contributed by atoms with Crippen molar-refractivity contribution in [3.8, 4) is 22.3 Å². The predicted molar refractivity (Wildman–Crippen MR) is 203 cm³/mol. The zero-order valence-corrected chi connectivity index (χ0v) is 27.1. The normalized spacial score (nSPS) is 15.8. The van der Waals surface area contributed by atoms with Crippen molar-refractivity contribution in [1.29, 1.82) is 0 Å². The summed E-state index contributed by atoms with van der Waals surface area (Å²) in [7, 11) is 0. The van der Waals surface area contributed by atoms with Crippen LogP contribution >= 0.6 is 0 Å². The number of hydrogen-bond acceptors (Lipinski definition) is 5. The minimum Gasteiger partial charge on any atom is -0.456 e. The van der Waals surface area contributed by atoms with Gasteiger partial charge in [-0.2, -0.15) is 0 Å². The van der Waals surface area contributed by atoms with E-state index in [1.54, 1.807) is 0 Å². The highest BCUT2D eigenvalue weighted by atomic mass is 16.3. The lowest BCUT2D eigenvalue weighted by atomic mass is 9.96. The van der Waals surface area contributed by atoms with Gasteiger partial charge in [-0.15, -0.1) is 0 Å². The van der Waals surface area contributed by atoms with Crippen molar-refractivity contribution in [2.75, 3.05) is 0 Å². The lowest BCUT2D eigenvalue weighted by Gasteiger charge is -2.25. The van der Waals surface area contributed by atoms with Gasteiger partial charge in [0.15, 0.2) is 5.84 Å². The number of para-hydroxylation sites is 1. The molecule has 0 spiro atoms. The van der Waals surface area contributed by atoms with Crippen LogP contribution in [0.5, 0.6) is 0 Å². The number of fused-ring (bicyclic) bond motifs is 6. The topological polar surface area (TPSA) is 63.0 Å². The zero-order valence-electron chi connectivity index (χ0n) is 27.1. The van der Waals surface area contributed by atoms with Crippen LogP contribution < -0.4 is 16.0 Å². The first kappa shape index (κ1) is 28.5. The SMILES string of the molecule is C1=c2oc3ccc(-c4cccc(-c5ccccc5)c4)cc3c2=C(C2=NC(c3ccccc3)=NC(c3ccc4c(c3)oc3ccccc34)N2)CC1.